The highest BCUT2D eigenvalue weighted by Gasteiger charge is 2.20. The molecule has 0 unspecified atom stereocenters. The van der Waals surface area contributed by atoms with Crippen LogP contribution < -0.4 is 5.32 Å². The zero-order chi connectivity index (χ0) is 24.5. The summed E-state index contributed by atoms with van der Waals surface area (Å²) >= 11 is 6.26. The van der Waals surface area contributed by atoms with Crippen LogP contribution in [0.15, 0.2) is 83.9 Å². The van der Waals surface area contributed by atoms with Gasteiger partial charge in [-0.05, 0) is 42.5 Å². The molecular weight excluding hydrogens is 480 g/mol. The summed E-state index contributed by atoms with van der Waals surface area (Å²) < 4.78 is 7.15. The van der Waals surface area contributed by atoms with Crippen molar-refractivity contribution in [2.24, 2.45) is 0 Å². The van der Waals surface area contributed by atoms with Crippen molar-refractivity contribution in [2.75, 3.05) is 5.32 Å². The second-order valence-corrected chi connectivity index (χ2v) is 8.26. The van der Waals surface area contributed by atoms with Gasteiger partial charge in [0.15, 0.2) is 11.5 Å². The van der Waals surface area contributed by atoms with E-state index in [2.05, 4.69) is 30.6 Å². The number of H-pyrrole nitrogens is 1. The standard InChI is InChI=1S/C25H17ClN8O2/c26-20-8-2-1-7-17(20)22-30-25(33-32-22)31-24(35)18-11-21(15-5-3-9-27-12-15)29-23-19(18)13-28-34(23)14-16-6-4-10-36-16/h1-13H,14H2,(H2,30,31,32,33,35). The fourth-order valence-electron chi connectivity index (χ4n) is 3.82. The van der Waals surface area contributed by atoms with E-state index >= 15 is 0 Å². The Kier molecular flexibility index (Phi) is 5.47. The second-order valence-electron chi connectivity index (χ2n) is 7.86. The Morgan fingerprint density at radius 2 is 2.00 bits per heavy atom. The number of hydrogen-bond donors (Lipinski definition) is 2. The number of aromatic nitrogens is 7. The molecule has 6 aromatic rings. The normalized spacial score (nSPS) is 11.1. The lowest BCUT2D eigenvalue weighted by molar-refractivity contribution is 0.102. The van der Waals surface area contributed by atoms with Gasteiger partial charge in [-0.2, -0.15) is 10.1 Å². The van der Waals surface area contributed by atoms with E-state index < -0.39 is 5.91 Å². The number of amides is 1. The molecule has 0 saturated heterocycles. The molecule has 0 aliphatic heterocycles. The van der Waals surface area contributed by atoms with Gasteiger partial charge < -0.3 is 4.42 Å². The Balaban J connectivity index is 1.38. The molecule has 0 radical (unpaired) electrons. The molecule has 0 saturated carbocycles. The lowest BCUT2D eigenvalue weighted by Gasteiger charge is -2.08. The molecule has 1 amide bonds. The largest absolute Gasteiger partial charge is 0.467 e. The molecule has 0 fully saturated rings. The Morgan fingerprint density at radius 1 is 1.08 bits per heavy atom. The second kappa shape index (κ2) is 9.08. The third-order valence-corrected chi connectivity index (χ3v) is 5.87. The van der Waals surface area contributed by atoms with E-state index in [-0.39, 0.29) is 5.95 Å². The van der Waals surface area contributed by atoms with E-state index in [0.717, 1.165) is 5.56 Å². The fourth-order valence-corrected chi connectivity index (χ4v) is 4.05. The van der Waals surface area contributed by atoms with Crippen LogP contribution in [-0.4, -0.2) is 40.8 Å². The van der Waals surface area contributed by atoms with E-state index in [1.807, 2.05) is 42.5 Å². The molecule has 0 bridgehead atoms. The van der Waals surface area contributed by atoms with Gasteiger partial charge in [-0.3, -0.25) is 20.2 Å². The van der Waals surface area contributed by atoms with E-state index in [0.29, 0.717) is 51.0 Å². The Morgan fingerprint density at radius 3 is 2.81 bits per heavy atom. The van der Waals surface area contributed by atoms with Crippen LogP contribution in [0.1, 0.15) is 16.1 Å². The van der Waals surface area contributed by atoms with Crippen molar-refractivity contribution >= 4 is 34.5 Å². The minimum absolute atomic E-state index is 0.116. The maximum atomic E-state index is 13.4. The van der Waals surface area contributed by atoms with Gasteiger partial charge >= 0.3 is 0 Å². The summed E-state index contributed by atoms with van der Waals surface area (Å²) in [4.78, 5) is 26.8. The zero-order valence-corrected chi connectivity index (χ0v) is 19.3. The van der Waals surface area contributed by atoms with E-state index in [1.54, 1.807) is 41.7 Å². The van der Waals surface area contributed by atoms with Crippen LogP contribution in [0.3, 0.4) is 0 Å². The number of aromatic amines is 1. The Hall–Kier alpha value is -4.83. The number of fused-ring (bicyclic) bond motifs is 1. The van der Waals surface area contributed by atoms with E-state index in [1.165, 1.54) is 0 Å². The molecule has 1 aromatic carbocycles. The van der Waals surface area contributed by atoms with Crippen molar-refractivity contribution in [1.29, 1.82) is 0 Å². The average molecular weight is 497 g/mol. The number of carbonyl (C=O) groups is 1. The van der Waals surface area contributed by atoms with Crippen molar-refractivity contribution in [3.63, 3.8) is 0 Å². The van der Waals surface area contributed by atoms with Crippen molar-refractivity contribution in [1.82, 2.24) is 34.9 Å². The molecule has 0 aliphatic carbocycles. The molecule has 0 spiro atoms. The molecule has 0 atom stereocenters. The van der Waals surface area contributed by atoms with Gasteiger partial charge in [-0.25, -0.2) is 9.67 Å². The van der Waals surface area contributed by atoms with Crippen LogP contribution in [0, 0.1) is 0 Å². The summed E-state index contributed by atoms with van der Waals surface area (Å²) in [5.41, 5.74) is 2.92. The summed E-state index contributed by atoms with van der Waals surface area (Å²) in [6, 6.07) is 16.3. The first kappa shape index (κ1) is 21.7. The number of furan rings is 1. The lowest BCUT2D eigenvalue weighted by atomic mass is 10.1. The summed E-state index contributed by atoms with van der Waals surface area (Å²) in [7, 11) is 0. The lowest BCUT2D eigenvalue weighted by Crippen LogP contribution is -2.14. The molecule has 5 aromatic heterocycles. The minimum Gasteiger partial charge on any atom is -0.467 e. The molecule has 2 N–H and O–H groups in total. The van der Waals surface area contributed by atoms with Gasteiger partial charge in [0.1, 0.15) is 12.3 Å². The first-order valence-electron chi connectivity index (χ1n) is 10.9. The summed E-state index contributed by atoms with van der Waals surface area (Å²) in [5.74, 6) is 0.867. The third kappa shape index (κ3) is 4.10. The zero-order valence-electron chi connectivity index (χ0n) is 18.6. The third-order valence-electron chi connectivity index (χ3n) is 5.54. The quantitative estimate of drug-likeness (QED) is 0.338. The molecule has 0 aliphatic rings. The Labute approximate surface area is 209 Å². The first-order valence-corrected chi connectivity index (χ1v) is 11.3. The van der Waals surface area contributed by atoms with Crippen LogP contribution in [0.2, 0.25) is 5.02 Å². The van der Waals surface area contributed by atoms with Gasteiger partial charge in [-0.1, -0.05) is 23.7 Å². The summed E-state index contributed by atoms with van der Waals surface area (Å²) in [6.45, 7) is 0.364. The van der Waals surface area contributed by atoms with Crippen LogP contribution >= 0.6 is 11.6 Å². The topological polar surface area (TPSA) is 127 Å². The highest BCUT2D eigenvalue weighted by atomic mass is 35.5. The van der Waals surface area contributed by atoms with Crippen LogP contribution in [0.5, 0.6) is 0 Å². The van der Waals surface area contributed by atoms with Crippen molar-refractivity contribution in [3.8, 4) is 22.6 Å². The highest BCUT2D eigenvalue weighted by Crippen LogP contribution is 2.27. The number of nitrogens with zero attached hydrogens (tertiary/aromatic N) is 6. The number of rotatable bonds is 6. The van der Waals surface area contributed by atoms with Gasteiger partial charge in [0, 0.05) is 23.5 Å². The molecule has 36 heavy (non-hydrogen) atoms. The SMILES string of the molecule is O=C(Nc1n[nH]c(-c2ccccc2Cl)n1)c1cc(-c2cccnc2)nc2c1cnn2Cc1ccco1. The summed E-state index contributed by atoms with van der Waals surface area (Å²) in [6.07, 6.45) is 6.58. The molecule has 176 valence electrons. The average Bonchev–Trinajstić information content (AvgIpc) is 3.67. The monoisotopic (exact) mass is 496 g/mol. The molecule has 10 nitrogen and oxygen atoms in total. The number of benzene rings is 1. The fraction of sp³-hybridized carbons (Fsp3) is 0.0400. The number of halogens is 1. The number of hydrogen-bond acceptors (Lipinski definition) is 7. The maximum Gasteiger partial charge on any atom is 0.258 e. The van der Waals surface area contributed by atoms with E-state index in [9.17, 15) is 4.79 Å². The molecule has 6 rings (SSSR count). The van der Waals surface area contributed by atoms with Crippen LogP contribution in [0.25, 0.3) is 33.7 Å². The molecular formula is C25H17ClN8O2. The maximum absolute atomic E-state index is 13.4. The van der Waals surface area contributed by atoms with Gasteiger partial charge in [-0.15, -0.1) is 5.10 Å². The van der Waals surface area contributed by atoms with Crippen LogP contribution in [0.4, 0.5) is 5.95 Å². The first-order chi connectivity index (χ1) is 17.7. The van der Waals surface area contributed by atoms with Crippen molar-refractivity contribution in [2.45, 2.75) is 6.54 Å². The number of carbonyl (C=O) groups excluding carboxylic acids is 1. The van der Waals surface area contributed by atoms with Crippen molar-refractivity contribution in [3.05, 3.63) is 95.8 Å². The van der Waals surface area contributed by atoms with E-state index in [4.69, 9.17) is 21.0 Å². The number of nitrogens with one attached hydrogen (secondary N) is 2. The highest BCUT2D eigenvalue weighted by molar-refractivity contribution is 6.33. The predicted molar refractivity (Wildman–Crippen MR) is 133 cm³/mol. The summed E-state index contributed by atoms with van der Waals surface area (Å²) in [5, 5.41) is 15.3. The van der Waals surface area contributed by atoms with Gasteiger partial charge in [0.05, 0.1) is 34.1 Å². The predicted octanol–water partition coefficient (Wildman–Crippen LogP) is 4.83. The number of pyridine rings is 2. The van der Waals surface area contributed by atoms with Gasteiger partial charge in [0.2, 0.25) is 5.95 Å². The van der Waals surface area contributed by atoms with Crippen LogP contribution in [-0.2, 0) is 6.54 Å². The minimum atomic E-state index is -0.408. The molecule has 11 heteroatoms. The van der Waals surface area contributed by atoms with Crippen molar-refractivity contribution < 1.29 is 9.21 Å². The molecule has 5 heterocycles. The smallest absolute Gasteiger partial charge is 0.258 e. The number of anilines is 1. The Bertz CT molecular complexity index is 1680. The van der Waals surface area contributed by atoms with Gasteiger partial charge in [0.25, 0.3) is 5.91 Å².